The van der Waals surface area contributed by atoms with E-state index in [0.29, 0.717) is 5.69 Å². The van der Waals surface area contributed by atoms with Crippen LogP contribution in [0.3, 0.4) is 0 Å². The lowest BCUT2D eigenvalue weighted by Crippen LogP contribution is -2.43. The lowest BCUT2D eigenvalue weighted by molar-refractivity contribution is -0.174. The number of benzene rings is 1. The van der Waals surface area contributed by atoms with Gasteiger partial charge in [-0.1, -0.05) is 30.3 Å². The first kappa shape index (κ1) is 17.6. The fraction of sp³-hybridized carbons (Fsp3) is 0.375. The van der Waals surface area contributed by atoms with Crippen LogP contribution >= 0.6 is 11.3 Å². The summed E-state index contributed by atoms with van der Waals surface area (Å²) in [6.45, 7) is -0.307. The van der Waals surface area contributed by atoms with E-state index in [9.17, 15) is 15.0 Å². The monoisotopic (exact) mass is 337 g/mol. The molecule has 0 aliphatic rings. The van der Waals surface area contributed by atoms with Crippen LogP contribution in [0.5, 0.6) is 0 Å². The molecule has 2 aromatic rings. The van der Waals surface area contributed by atoms with Crippen molar-refractivity contribution in [3.63, 3.8) is 0 Å². The van der Waals surface area contributed by atoms with Gasteiger partial charge in [-0.25, -0.2) is 9.78 Å². The molecule has 0 amide bonds. The number of rotatable bonds is 9. The van der Waals surface area contributed by atoms with E-state index in [2.05, 4.69) is 4.98 Å². The number of hydrogen-bond donors (Lipinski definition) is 2. The predicted molar refractivity (Wildman–Crippen MR) is 85.4 cm³/mol. The van der Waals surface area contributed by atoms with Gasteiger partial charge < -0.3 is 19.7 Å². The Hall–Kier alpha value is -1.80. The Labute approximate surface area is 138 Å². The van der Waals surface area contributed by atoms with Crippen molar-refractivity contribution < 1.29 is 24.5 Å². The van der Waals surface area contributed by atoms with Crippen molar-refractivity contribution in [2.75, 3.05) is 20.3 Å². The summed E-state index contributed by atoms with van der Waals surface area (Å²) in [7, 11) is 1.44. The molecule has 0 radical (unpaired) electrons. The van der Waals surface area contributed by atoms with E-state index in [0.717, 1.165) is 5.56 Å². The number of aliphatic hydroxyl groups excluding tert-OH is 1. The smallest absolute Gasteiger partial charge is 0.342 e. The minimum atomic E-state index is -1.62. The molecule has 1 aromatic heterocycles. The fourth-order valence-electron chi connectivity index (χ4n) is 2.19. The Balaban J connectivity index is 2.33. The molecule has 0 aliphatic heterocycles. The Morgan fingerprint density at radius 3 is 2.65 bits per heavy atom. The first-order chi connectivity index (χ1) is 11.1. The number of thiazole rings is 1. The van der Waals surface area contributed by atoms with Crippen LogP contribution in [0.2, 0.25) is 0 Å². The summed E-state index contributed by atoms with van der Waals surface area (Å²) >= 11 is 1.31. The molecule has 1 aromatic carbocycles. The summed E-state index contributed by atoms with van der Waals surface area (Å²) < 4.78 is 10.8. The van der Waals surface area contributed by atoms with E-state index in [-0.39, 0.29) is 19.6 Å². The lowest BCUT2D eigenvalue weighted by Gasteiger charge is -2.29. The van der Waals surface area contributed by atoms with Gasteiger partial charge in [-0.3, -0.25) is 0 Å². The molecule has 2 atom stereocenters. The van der Waals surface area contributed by atoms with E-state index >= 15 is 0 Å². The molecule has 0 spiro atoms. The van der Waals surface area contributed by atoms with E-state index in [4.69, 9.17) is 9.47 Å². The molecule has 2 rings (SSSR count). The average molecular weight is 337 g/mol. The minimum absolute atomic E-state index is 0.0519. The number of aliphatic hydroxyl groups is 1. The van der Waals surface area contributed by atoms with Crippen LogP contribution in [0, 0.1) is 0 Å². The first-order valence-electron chi connectivity index (χ1n) is 7.06. The molecule has 0 fully saturated rings. The summed E-state index contributed by atoms with van der Waals surface area (Å²) in [5, 5.41) is 20.7. The topological polar surface area (TPSA) is 88.9 Å². The number of carbonyl (C=O) groups is 1. The molecular formula is C16H19NO5S. The van der Waals surface area contributed by atoms with Gasteiger partial charge in [0.15, 0.2) is 0 Å². The number of nitrogens with zero attached hydrogens (tertiary/aromatic N) is 1. The van der Waals surface area contributed by atoms with Crippen molar-refractivity contribution in [3.8, 4) is 0 Å². The second-order valence-corrected chi connectivity index (χ2v) is 5.74. The highest BCUT2D eigenvalue weighted by atomic mass is 32.1. The van der Waals surface area contributed by atoms with Crippen LogP contribution in [-0.4, -0.2) is 47.6 Å². The minimum Gasteiger partial charge on any atom is -0.479 e. The van der Waals surface area contributed by atoms with Crippen molar-refractivity contribution in [1.82, 2.24) is 4.98 Å². The Bertz CT molecular complexity index is 600. The van der Waals surface area contributed by atoms with Crippen molar-refractivity contribution in [1.29, 1.82) is 0 Å². The molecular weight excluding hydrogens is 318 g/mol. The molecule has 2 N–H and O–H groups in total. The molecule has 0 saturated heterocycles. The number of carboxylic acids is 1. The SMILES string of the molecule is CO[C@@H](CO)COC(Cc1ccccc1)(C(=O)O)c1cscn1. The van der Waals surface area contributed by atoms with E-state index in [1.807, 2.05) is 30.3 Å². The van der Waals surface area contributed by atoms with Gasteiger partial charge in [0.1, 0.15) is 6.10 Å². The van der Waals surface area contributed by atoms with Gasteiger partial charge in [0.25, 0.3) is 0 Å². The zero-order valence-electron chi connectivity index (χ0n) is 12.7. The maximum Gasteiger partial charge on any atom is 0.342 e. The Morgan fingerprint density at radius 2 is 2.13 bits per heavy atom. The quantitative estimate of drug-likeness (QED) is 0.724. The van der Waals surface area contributed by atoms with Crippen molar-refractivity contribution >= 4 is 17.3 Å². The third kappa shape index (κ3) is 4.14. The van der Waals surface area contributed by atoms with Gasteiger partial charge in [-0.15, -0.1) is 11.3 Å². The fourth-order valence-corrected chi connectivity index (χ4v) is 2.80. The van der Waals surface area contributed by atoms with Crippen LogP contribution in [-0.2, 0) is 26.3 Å². The molecule has 23 heavy (non-hydrogen) atoms. The highest BCUT2D eigenvalue weighted by Crippen LogP contribution is 2.31. The van der Waals surface area contributed by atoms with E-state index in [1.165, 1.54) is 18.4 Å². The standard InChI is InChI=1S/C16H19NO5S/c1-21-13(8-18)9-22-16(15(19)20,14-10-23-11-17-14)7-12-5-3-2-4-6-12/h2-6,10-11,13,18H,7-9H2,1H3,(H,19,20)/t13-,16?/m0/s1. The van der Waals surface area contributed by atoms with Crippen LogP contribution in [0.1, 0.15) is 11.3 Å². The molecule has 1 heterocycles. The Morgan fingerprint density at radius 1 is 1.39 bits per heavy atom. The lowest BCUT2D eigenvalue weighted by atomic mass is 9.91. The molecule has 0 saturated carbocycles. The highest BCUT2D eigenvalue weighted by molar-refractivity contribution is 7.07. The van der Waals surface area contributed by atoms with Gasteiger partial charge >= 0.3 is 5.97 Å². The zero-order valence-corrected chi connectivity index (χ0v) is 13.5. The highest BCUT2D eigenvalue weighted by Gasteiger charge is 2.44. The first-order valence-corrected chi connectivity index (χ1v) is 8.00. The number of aromatic nitrogens is 1. The number of ether oxygens (including phenoxy) is 2. The zero-order chi connectivity index (χ0) is 16.7. The van der Waals surface area contributed by atoms with Gasteiger partial charge in [-0.2, -0.15) is 0 Å². The second kappa shape index (κ2) is 8.16. The normalized spacial score (nSPS) is 15.0. The molecule has 7 heteroatoms. The third-order valence-corrected chi connectivity index (χ3v) is 4.13. The van der Waals surface area contributed by atoms with Crippen LogP contribution in [0.4, 0.5) is 0 Å². The molecule has 6 nitrogen and oxygen atoms in total. The van der Waals surface area contributed by atoms with Crippen LogP contribution in [0.25, 0.3) is 0 Å². The number of carboxylic acid groups (broad SMARTS) is 1. The van der Waals surface area contributed by atoms with E-state index < -0.39 is 17.7 Å². The maximum absolute atomic E-state index is 12.0. The summed E-state index contributed by atoms with van der Waals surface area (Å²) in [4.78, 5) is 16.2. The average Bonchev–Trinajstić information content (AvgIpc) is 3.10. The summed E-state index contributed by atoms with van der Waals surface area (Å²) in [6, 6.07) is 9.23. The number of hydrogen-bond acceptors (Lipinski definition) is 6. The largest absolute Gasteiger partial charge is 0.479 e. The third-order valence-electron chi connectivity index (χ3n) is 3.54. The van der Waals surface area contributed by atoms with Gasteiger partial charge in [0.2, 0.25) is 5.60 Å². The number of aliphatic carboxylic acids is 1. The predicted octanol–water partition coefficient (Wildman–Crippen LogP) is 1.69. The van der Waals surface area contributed by atoms with Crippen molar-refractivity contribution in [3.05, 3.63) is 52.5 Å². The maximum atomic E-state index is 12.0. The van der Waals surface area contributed by atoms with Gasteiger partial charge in [0.05, 0.1) is 24.4 Å². The second-order valence-electron chi connectivity index (χ2n) is 5.02. The summed E-state index contributed by atoms with van der Waals surface area (Å²) in [6.07, 6.45) is -0.461. The summed E-state index contributed by atoms with van der Waals surface area (Å²) in [5.41, 5.74) is 1.11. The molecule has 0 aliphatic carbocycles. The molecule has 0 bridgehead atoms. The van der Waals surface area contributed by atoms with Crippen molar-refractivity contribution in [2.24, 2.45) is 0 Å². The Kier molecular flexibility index (Phi) is 6.23. The summed E-state index contributed by atoms with van der Waals surface area (Å²) in [5.74, 6) is -1.12. The van der Waals surface area contributed by atoms with E-state index in [1.54, 1.807) is 10.9 Å². The van der Waals surface area contributed by atoms with Gasteiger partial charge in [0, 0.05) is 18.9 Å². The van der Waals surface area contributed by atoms with Crippen LogP contribution in [0.15, 0.2) is 41.2 Å². The van der Waals surface area contributed by atoms with Gasteiger partial charge in [-0.05, 0) is 5.56 Å². The molecule has 124 valence electrons. The molecule has 1 unspecified atom stereocenters. The van der Waals surface area contributed by atoms with Crippen LogP contribution < -0.4 is 0 Å². The van der Waals surface area contributed by atoms with Crippen molar-refractivity contribution in [2.45, 2.75) is 18.1 Å². The number of methoxy groups -OCH3 is 1.